The van der Waals surface area contributed by atoms with Crippen molar-refractivity contribution in [2.75, 3.05) is 6.61 Å². The molecule has 2 unspecified atom stereocenters. The molecule has 0 bridgehead atoms. The van der Waals surface area contributed by atoms with Crippen molar-refractivity contribution in [1.29, 1.82) is 0 Å². The van der Waals surface area contributed by atoms with Crippen LogP contribution in [0.5, 0.6) is 5.75 Å². The molecule has 1 fully saturated rings. The van der Waals surface area contributed by atoms with E-state index in [0.717, 1.165) is 25.0 Å². The summed E-state index contributed by atoms with van der Waals surface area (Å²) in [6.45, 7) is 12.0. The second kappa shape index (κ2) is 11.9. The summed E-state index contributed by atoms with van der Waals surface area (Å²) in [6.07, 6.45) is 8.17. The maximum Gasteiger partial charge on any atom is 0.205 e. The zero-order valence-corrected chi connectivity index (χ0v) is 21.0. The van der Waals surface area contributed by atoms with Crippen molar-refractivity contribution in [1.82, 2.24) is 0 Å². The van der Waals surface area contributed by atoms with Gasteiger partial charge in [-0.2, -0.15) is 0 Å². The van der Waals surface area contributed by atoms with Crippen LogP contribution in [0.3, 0.4) is 0 Å². The average Bonchev–Trinajstić information content (AvgIpc) is 2.79. The van der Waals surface area contributed by atoms with Gasteiger partial charge in [-0.1, -0.05) is 89.4 Å². The number of hydrogen-bond acceptors (Lipinski definition) is 2. The summed E-state index contributed by atoms with van der Waals surface area (Å²) in [5.41, 5.74) is 2.84. The predicted octanol–water partition coefficient (Wildman–Crippen LogP) is 8.41. The van der Waals surface area contributed by atoms with E-state index in [1.165, 1.54) is 36.8 Å². The van der Waals surface area contributed by atoms with Crippen LogP contribution >= 0.6 is 0 Å². The molecule has 3 rings (SSSR count). The normalized spacial score (nSPS) is 18.0. The Labute approximate surface area is 196 Å². The number of rotatable bonds is 11. The fourth-order valence-corrected chi connectivity index (χ4v) is 5.46. The van der Waals surface area contributed by atoms with E-state index in [9.17, 15) is 0 Å². The monoisotopic (exact) mass is 436 g/mol. The molecular formula is C30H44O2. The van der Waals surface area contributed by atoms with Crippen LogP contribution in [0, 0.1) is 17.3 Å². The molecule has 0 N–H and O–H groups in total. The van der Waals surface area contributed by atoms with E-state index in [4.69, 9.17) is 9.47 Å². The van der Waals surface area contributed by atoms with Gasteiger partial charge in [0.1, 0.15) is 5.75 Å². The fraction of sp³-hybridized carbons (Fsp3) is 0.600. The molecule has 2 aromatic carbocycles. The minimum absolute atomic E-state index is 0.0341. The van der Waals surface area contributed by atoms with Gasteiger partial charge in [0.25, 0.3) is 0 Å². The van der Waals surface area contributed by atoms with Crippen LogP contribution in [0.2, 0.25) is 0 Å². The van der Waals surface area contributed by atoms with Gasteiger partial charge in [0.15, 0.2) is 0 Å². The smallest absolute Gasteiger partial charge is 0.205 e. The zero-order chi connectivity index (χ0) is 23.0. The Morgan fingerprint density at radius 3 is 2.06 bits per heavy atom. The quantitative estimate of drug-likeness (QED) is 0.329. The lowest BCUT2D eigenvalue weighted by molar-refractivity contribution is -0.166. The molecule has 0 aromatic heterocycles. The molecule has 0 spiro atoms. The summed E-state index contributed by atoms with van der Waals surface area (Å²) in [7, 11) is 0. The Kier molecular flexibility index (Phi) is 9.22. The van der Waals surface area contributed by atoms with Gasteiger partial charge >= 0.3 is 0 Å². The van der Waals surface area contributed by atoms with Crippen molar-refractivity contribution < 1.29 is 9.47 Å². The van der Waals surface area contributed by atoms with Crippen LogP contribution in [0.4, 0.5) is 0 Å². The first-order valence-electron chi connectivity index (χ1n) is 12.9. The van der Waals surface area contributed by atoms with E-state index in [2.05, 4.69) is 89.2 Å². The topological polar surface area (TPSA) is 18.5 Å². The average molecular weight is 437 g/mol. The number of benzene rings is 2. The number of ether oxygens (including phenoxy) is 2. The molecule has 2 heteroatoms. The molecule has 0 heterocycles. The highest BCUT2D eigenvalue weighted by Crippen LogP contribution is 2.44. The van der Waals surface area contributed by atoms with Gasteiger partial charge in [-0.15, -0.1) is 0 Å². The third-order valence-electron chi connectivity index (χ3n) is 7.15. The molecule has 32 heavy (non-hydrogen) atoms. The summed E-state index contributed by atoms with van der Waals surface area (Å²) in [4.78, 5) is 0. The Morgan fingerprint density at radius 1 is 0.844 bits per heavy atom. The first-order valence-corrected chi connectivity index (χ1v) is 12.9. The molecule has 1 aliphatic carbocycles. The minimum atomic E-state index is -0.213. The summed E-state index contributed by atoms with van der Waals surface area (Å²) in [6, 6.07) is 19.7. The highest BCUT2D eigenvalue weighted by molar-refractivity contribution is 5.30. The molecule has 2 aromatic rings. The van der Waals surface area contributed by atoms with Gasteiger partial charge in [0.05, 0.1) is 0 Å². The lowest BCUT2D eigenvalue weighted by Crippen LogP contribution is -2.44. The van der Waals surface area contributed by atoms with Gasteiger partial charge in [0, 0.05) is 12.0 Å². The molecule has 2 nitrogen and oxygen atoms in total. The van der Waals surface area contributed by atoms with E-state index in [-0.39, 0.29) is 11.7 Å². The third kappa shape index (κ3) is 6.61. The van der Waals surface area contributed by atoms with Gasteiger partial charge in [-0.25, -0.2) is 0 Å². The molecule has 0 amide bonds. The highest BCUT2D eigenvalue weighted by atomic mass is 16.7. The molecule has 176 valence electrons. The first-order chi connectivity index (χ1) is 15.4. The second-order valence-electron chi connectivity index (χ2n) is 10.5. The first kappa shape index (κ1) is 24.8. The standard InChI is InChI=1S/C30H44O2/c1-6-31-29(30(19-11-8-12-20-30)22-25-13-9-7-10-14-25)32-27-17-15-26(16-18-27)28(24(4)5)21-23(2)3/h7,9-10,13-18,23-24,28-29H,6,8,11-12,19-22H2,1-5H3. The predicted molar refractivity (Wildman–Crippen MR) is 135 cm³/mol. The Bertz CT molecular complexity index is 772. The van der Waals surface area contributed by atoms with Crippen molar-refractivity contribution >= 4 is 0 Å². The molecule has 0 radical (unpaired) electrons. The van der Waals surface area contributed by atoms with Crippen LogP contribution < -0.4 is 4.74 Å². The van der Waals surface area contributed by atoms with E-state index in [0.29, 0.717) is 24.4 Å². The maximum atomic E-state index is 6.62. The van der Waals surface area contributed by atoms with E-state index in [1.54, 1.807) is 0 Å². The summed E-state index contributed by atoms with van der Waals surface area (Å²) in [5.74, 6) is 2.85. The second-order valence-corrected chi connectivity index (χ2v) is 10.5. The lowest BCUT2D eigenvalue weighted by atomic mass is 9.69. The molecule has 0 aliphatic heterocycles. The van der Waals surface area contributed by atoms with Crippen LogP contribution in [0.15, 0.2) is 54.6 Å². The van der Waals surface area contributed by atoms with Crippen molar-refractivity contribution in [2.45, 2.75) is 91.8 Å². The van der Waals surface area contributed by atoms with Crippen molar-refractivity contribution in [2.24, 2.45) is 17.3 Å². The van der Waals surface area contributed by atoms with E-state index < -0.39 is 0 Å². The number of hydrogen-bond donors (Lipinski definition) is 0. The molecule has 2 atom stereocenters. The van der Waals surface area contributed by atoms with Gasteiger partial charge in [-0.05, 0) is 73.6 Å². The van der Waals surface area contributed by atoms with Crippen LogP contribution in [0.1, 0.15) is 90.2 Å². The zero-order valence-electron chi connectivity index (χ0n) is 21.0. The SMILES string of the molecule is CCOC(Oc1ccc(C(CC(C)C)C(C)C)cc1)C1(Cc2ccccc2)CCCCC1. The molecular weight excluding hydrogens is 392 g/mol. The van der Waals surface area contributed by atoms with Crippen LogP contribution in [0.25, 0.3) is 0 Å². The lowest BCUT2D eigenvalue weighted by Gasteiger charge is -2.43. The van der Waals surface area contributed by atoms with Crippen molar-refractivity contribution in [3.05, 3.63) is 65.7 Å². The maximum absolute atomic E-state index is 6.62. The fourth-order valence-electron chi connectivity index (χ4n) is 5.46. The minimum Gasteiger partial charge on any atom is -0.464 e. The molecule has 0 saturated heterocycles. The Morgan fingerprint density at radius 2 is 1.50 bits per heavy atom. The van der Waals surface area contributed by atoms with Gasteiger partial charge in [-0.3, -0.25) is 0 Å². The highest BCUT2D eigenvalue weighted by Gasteiger charge is 2.42. The molecule has 1 aliphatic rings. The summed E-state index contributed by atoms with van der Waals surface area (Å²) in [5, 5.41) is 0. The van der Waals surface area contributed by atoms with E-state index >= 15 is 0 Å². The Hall–Kier alpha value is -1.80. The van der Waals surface area contributed by atoms with Crippen molar-refractivity contribution in [3.63, 3.8) is 0 Å². The largest absolute Gasteiger partial charge is 0.464 e. The van der Waals surface area contributed by atoms with Gasteiger partial charge in [0.2, 0.25) is 6.29 Å². The summed E-state index contributed by atoms with van der Waals surface area (Å²) < 4.78 is 12.9. The van der Waals surface area contributed by atoms with Crippen LogP contribution in [-0.4, -0.2) is 12.9 Å². The van der Waals surface area contributed by atoms with Gasteiger partial charge < -0.3 is 9.47 Å². The summed E-state index contributed by atoms with van der Waals surface area (Å²) >= 11 is 0. The van der Waals surface area contributed by atoms with E-state index in [1.807, 2.05) is 0 Å². The molecule has 1 saturated carbocycles. The van der Waals surface area contributed by atoms with Crippen molar-refractivity contribution in [3.8, 4) is 5.75 Å². The van der Waals surface area contributed by atoms with Crippen LogP contribution in [-0.2, 0) is 11.2 Å². The Balaban J connectivity index is 1.81. The third-order valence-corrected chi connectivity index (χ3v) is 7.15.